The molecule has 0 radical (unpaired) electrons. The first-order valence-corrected chi connectivity index (χ1v) is 7.94. The highest BCUT2D eigenvalue weighted by molar-refractivity contribution is 6.32. The molecule has 0 atom stereocenters. The molecule has 5 nitrogen and oxygen atoms in total. The molecule has 1 N–H and O–H groups in total. The van der Waals surface area contributed by atoms with E-state index in [1.807, 2.05) is 0 Å². The summed E-state index contributed by atoms with van der Waals surface area (Å²) in [5.41, 5.74) is 0.776. The van der Waals surface area contributed by atoms with Crippen molar-refractivity contribution in [2.24, 2.45) is 0 Å². The lowest BCUT2D eigenvalue weighted by Gasteiger charge is -2.21. The van der Waals surface area contributed by atoms with Gasteiger partial charge in [-0.15, -0.1) is 0 Å². The van der Waals surface area contributed by atoms with Gasteiger partial charge in [0.15, 0.2) is 0 Å². The summed E-state index contributed by atoms with van der Waals surface area (Å²) >= 11 is 11.7. The van der Waals surface area contributed by atoms with Crippen LogP contribution in [-0.4, -0.2) is 25.5 Å². The van der Waals surface area contributed by atoms with Crippen molar-refractivity contribution in [3.63, 3.8) is 0 Å². The van der Waals surface area contributed by atoms with Crippen LogP contribution in [0.15, 0.2) is 36.4 Å². The average Bonchev–Trinajstić information content (AvgIpc) is 2.55. The second-order valence-electron chi connectivity index (χ2n) is 5.10. The van der Waals surface area contributed by atoms with Crippen LogP contribution >= 0.6 is 23.2 Å². The van der Waals surface area contributed by atoms with E-state index in [0.717, 1.165) is 6.07 Å². The first-order chi connectivity index (χ1) is 11.8. The fourth-order valence-electron chi connectivity index (χ4n) is 2.13. The molecule has 0 saturated heterocycles. The van der Waals surface area contributed by atoms with Crippen LogP contribution in [0.4, 0.5) is 15.8 Å². The Balaban J connectivity index is 2.14. The Morgan fingerprint density at radius 1 is 1.16 bits per heavy atom. The van der Waals surface area contributed by atoms with Gasteiger partial charge in [-0.25, -0.2) is 4.39 Å². The first kappa shape index (κ1) is 19.0. The van der Waals surface area contributed by atoms with Gasteiger partial charge in [0.25, 0.3) is 0 Å². The van der Waals surface area contributed by atoms with Gasteiger partial charge < -0.3 is 15.0 Å². The van der Waals surface area contributed by atoms with Gasteiger partial charge in [-0.1, -0.05) is 23.2 Å². The lowest BCUT2D eigenvalue weighted by Crippen LogP contribution is -2.36. The Kier molecular flexibility index (Phi) is 6.22. The Morgan fingerprint density at radius 2 is 1.88 bits per heavy atom. The minimum absolute atomic E-state index is 0.133. The van der Waals surface area contributed by atoms with Crippen molar-refractivity contribution in [2.45, 2.75) is 6.92 Å². The second kappa shape index (κ2) is 8.18. The third-order valence-electron chi connectivity index (χ3n) is 3.33. The van der Waals surface area contributed by atoms with Gasteiger partial charge in [0, 0.05) is 18.3 Å². The Morgan fingerprint density at radius 3 is 2.44 bits per heavy atom. The quantitative estimate of drug-likeness (QED) is 0.842. The predicted molar refractivity (Wildman–Crippen MR) is 96.1 cm³/mol. The van der Waals surface area contributed by atoms with E-state index in [-0.39, 0.29) is 17.5 Å². The zero-order valence-electron chi connectivity index (χ0n) is 13.5. The summed E-state index contributed by atoms with van der Waals surface area (Å²) in [6, 6.07) is 8.56. The number of nitrogens with one attached hydrogen (secondary N) is 1. The summed E-state index contributed by atoms with van der Waals surface area (Å²) in [6.45, 7) is 1.04. The molecule has 0 unspecified atom stereocenters. The molecular formula is C17H15Cl2FN2O3. The molecule has 8 heteroatoms. The van der Waals surface area contributed by atoms with E-state index in [4.69, 9.17) is 27.9 Å². The lowest BCUT2D eigenvalue weighted by molar-refractivity contribution is -0.120. The SMILES string of the molecule is COc1ccc(NC(=O)CN(C(C)=O)c2ccc(F)c(Cl)c2)cc1Cl. The number of anilines is 2. The molecule has 2 aromatic rings. The Bertz CT molecular complexity index is 814. The van der Waals surface area contributed by atoms with Gasteiger partial charge in [-0.05, 0) is 36.4 Å². The van der Waals surface area contributed by atoms with E-state index in [9.17, 15) is 14.0 Å². The molecule has 0 fully saturated rings. The molecular weight excluding hydrogens is 370 g/mol. The highest BCUT2D eigenvalue weighted by Gasteiger charge is 2.17. The fourth-order valence-corrected chi connectivity index (χ4v) is 2.56. The molecule has 0 heterocycles. The minimum atomic E-state index is -0.605. The van der Waals surface area contributed by atoms with Crippen LogP contribution in [0.5, 0.6) is 5.75 Å². The number of ether oxygens (including phenoxy) is 1. The van der Waals surface area contributed by atoms with Crippen LogP contribution in [0.1, 0.15) is 6.92 Å². The molecule has 0 aromatic heterocycles. The van der Waals surface area contributed by atoms with E-state index < -0.39 is 11.7 Å². The maximum atomic E-state index is 13.3. The molecule has 0 aliphatic heterocycles. The van der Waals surface area contributed by atoms with Gasteiger partial charge in [-0.3, -0.25) is 9.59 Å². The maximum Gasteiger partial charge on any atom is 0.244 e. The Labute approximate surface area is 154 Å². The van der Waals surface area contributed by atoms with Gasteiger partial charge in [0.1, 0.15) is 18.1 Å². The van der Waals surface area contributed by atoms with Crippen LogP contribution in [0.25, 0.3) is 0 Å². The number of nitrogens with zero attached hydrogens (tertiary/aromatic N) is 1. The maximum absolute atomic E-state index is 13.3. The van der Waals surface area contributed by atoms with Crippen LogP contribution in [0.2, 0.25) is 10.0 Å². The van der Waals surface area contributed by atoms with E-state index >= 15 is 0 Å². The van der Waals surface area contributed by atoms with Crippen molar-refractivity contribution in [1.29, 1.82) is 0 Å². The third kappa shape index (κ3) is 4.84. The molecule has 0 saturated carbocycles. The smallest absolute Gasteiger partial charge is 0.244 e. The van der Waals surface area contributed by atoms with Crippen LogP contribution < -0.4 is 15.0 Å². The number of halogens is 3. The van der Waals surface area contributed by atoms with Crippen molar-refractivity contribution in [3.05, 3.63) is 52.3 Å². The Hall–Kier alpha value is -2.31. The molecule has 0 bridgehead atoms. The molecule has 25 heavy (non-hydrogen) atoms. The van der Waals surface area contributed by atoms with Crippen molar-refractivity contribution in [1.82, 2.24) is 0 Å². The number of benzene rings is 2. The number of carbonyl (C=O) groups excluding carboxylic acids is 2. The fraction of sp³-hybridized carbons (Fsp3) is 0.176. The zero-order valence-corrected chi connectivity index (χ0v) is 15.0. The largest absolute Gasteiger partial charge is 0.495 e. The van der Waals surface area contributed by atoms with E-state index in [0.29, 0.717) is 22.1 Å². The molecule has 2 amide bonds. The highest BCUT2D eigenvalue weighted by atomic mass is 35.5. The summed E-state index contributed by atoms with van der Waals surface area (Å²) in [5.74, 6) is -0.959. The summed E-state index contributed by atoms with van der Waals surface area (Å²) < 4.78 is 18.3. The summed E-state index contributed by atoms with van der Waals surface area (Å²) in [7, 11) is 1.48. The van der Waals surface area contributed by atoms with E-state index in [1.165, 1.54) is 37.1 Å². The number of carbonyl (C=O) groups is 2. The van der Waals surface area contributed by atoms with Gasteiger partial charge in [0.2, 0.25) is 11.8 Å². The van der Waals surface area contributed by atoms with E-state index in [2.05, 4.69) is 5.32 Å². The molecule has 2 aromatic carbocycles. The van der Waals surface area contributed by atoms with Gasteiger partial charge >= 0.3 is 0 Å². The number of hydrogen-bond donors (Lipinski definition) is 1. The lowest BCUT2D eigenvalue weighted by atomic mass is 10.2. The monoisotopic (exact) mass is 384 g/mol. The number of amides is 2. The molecule has 0 aliphatic rings. The van der Waals surface area contributed by atoms with Gasteiger partial charge in [-0.2, -0.15) is 0 Å². The minimum Gasteiger partial charge on any atom is -0.495 e. The van der Waals surface area contributed by atoms with Crippen molar-refractivity contribution in [3.8, 4) is 5.75 Å². The predicted octanol–water partition coefficient (Wildman–Crippen LogP) is 4.13. The second-order valence-corrected chi connectivity index (χ2v) is 5.92. The topological polar surface area (TPSA) is 58.6 Å². The zero-order chi connectivity index (χ0) is 18.6. The van der Waals surface area contributed by atoms with Crippen molar-refractivity contribution >= 4 is 46.4 Å². The molecule has 2 rings (SSSR count). The highest BCUT2D eigenvalue weighted by Crippen LogP contribution is 2.27. The van der Waals surface area contributed by atoms with Crippen LogP contribution in [0.3, 0.4) is 0 Å². The molecule has 132 valence electrons. The standard InChI is InChI=1S/C17H15Cl2FN2O3/c1-10(23)22(12-4-5-15(20)13(18)8-12)9-17(24)21-11-3-6-16(25-2)14(19)7-11/h3-8H,9H2,1-2H3,(H,21,24). The van der Waals surface area contributed by atoms with E-state index in [1.54, 1.807) is 12.1 Å². The summed E-state index contributed by atoms with van der Waals surface area (Å²) in [4.78, 5) is 25.3. The number of hydrogen-bond acceptors (Lipinski definition) is 3. The third-order valence-corrected chi connectivity index (χ3v) is 3.92. The first-order valence-electron chi connectivity index (χ1n) is 7.18. The average molecular weight is 385 g/mol. The summed E-state index contributed by atoms with van der Waals surface area (Å²) in [5, 5.41) is 2.84. The van der Waals surface area contributed by atoms with Crippen LogP contribution in [-0.2, 0) is 9.59 Å². The van der Waals surface area contributed by atoms with Crippen LogP contribution in [0, 0.1) is 5.82 Å². The number of methoxy groups -OCH3 is 1. The van der Waals surface area contributed by atoms with Crippen molar-refractivity contribution < 1.29 is 18.7 Å². The molecule has 0 spiro atoms. The number of rotatable bonds is 5. The summed E-state index contributed by atoms with van der Waals surface area (Å²) in [6.07, 6.45) is 0. The normalized spacial score (nSPS) is 10.3. The molecule has 0 aliphatic carbocycles. The van der Waals surface area contributed by atoms with Crippen molar-refractivity contribution in [2.75, 3.05) is 23.9 Å². The van der Waals surface area contributed by atoms with Gasteiger partial charge in [0.05, 0.1) is 17.2 Å².